The monoisotopic (exact) mass is 209 g/mol. The van der Waals surface area contributed by atoms with Crippen molar-refractivity contribution in [3.05, 3.63) is 0 Å². The highest BCUT2D eigenvalue weighted by Crippen LogP contribution is 1.98. The van der Waals surface area contributed by atoms with Gasteiger partial charge in [-0.3, -0.25) is 0 Å². The summed E-state index contributed by atoms with van der Waals surface area (Å²) >= 11 is 3.30. The first-order chi connectivity index (χ1) is 4.77. The molecule has 0 aliphatic heterocycles. The molecule has 0 aliphatic carbocycles. The number of carbonyl (C=O) groups excluding carboxylic acids is 1. The van der Waals surface area contributed by atoms with Crippen molar-refractivity contribution in [2.75, 3.05) is 11.9 Å². The molecule has 0 aliphatic rings. The summed E-state index contributed by atoms with van der Waals surface area (Å²) in [5.41, 5.74) is 4.74. The van der Waals surface area contributed by atoms with Crippen molar-refractivity contribution in [2.24, 2.45) is 5.73 Å². The number of amides is 1. The van der Waals surface area contributed by atoms with Gasteiger partial charge in [-0.2, -0.15) is 0 Å². The Kier molecular flexibility index (Phi) is 6.69. The first kappa shape index (κ1) is 9.75. The number of halogens is 1. The summed E-state index contributed by atoms with van der Waals surface area (Å²) in [5, 5.41) is 1.00. The number of ether oxygens (including phenoxy) is 1. The molecule has 0 unspecified atom stereocenters. The Balaban J connectivity index is 2.84. The van der Waals surface area contributed by atoms with E-state index in [4.69, 9.17) is 5.73 Å². The lowest BCUT2D eigenvalue weighted by molar-refractivity contribution is 0.154. The van der Waals surface area contributed by atoms with Crippen molar-refractivity contribution < 1.29 is 9.53 Å². The van der Waals surface area contributed by atoms with Gasteiger partial charge in [0.2, 0.25) is 0 Å². The molecule has 4 heteroatoms. The lowest BCUT2D eigenvalue weighted by atomic mass is 10.3. The van der Waals surface area contributed by atoms with Gasteiger partial charge in [0.05, 0.1) is 6.61 Å². The summed E-state index contributed by atoms with van der Waals surface area (Å²) in [4.78, 5) is 10.0. The molecule has 0 rings (SSSR count). The Labute approximate surface area is 69.0 Å². The van der Waals surface area contributed by atoms with Crippen LogP contribution < -0.4 is 5.73 Å². The molecular formula is C6H12BrNO2. The van der Waals surface area contributed by atoms with Crippen molar-refractivity contribution in [3.63, 3.8) is 0 Å². The van der Waals surface area contributed by atoms with E-state index in [-0.39, 0.29) is 0 Å². The van der Waals surface area contributed by atoms with Crippen LogP contribution in [0.5, 0.6) is 0 Å². The topological polar surface area (TPSA) is 52.3 Å². The van der Waals surface area contributed by atoms with Crippen LogP contribution in [0.25, 0.3) is 0 Å². The van der Waals surface area contributed by atoms with Crippen LogP contribution in [0.3, 0.4) is 0 Å². The Hall–Kier alpha value is -0.250. The van der Waals surface area contributed by atoms with Gasteiger partial charge in [0, 0.05) is 5.33 Å². The molecule has 2 N–H and O–H groups in total. The number of primary amides is 1. The van der Waals surface area contributed by atoms with E-state index in [0.717, 1.165) is 24.6 Å². The maximum absolute atomic E-state index is 10.0. The molecule has 0 spiro atoms. The van der Waals surface area contributed by atoms with Crippen LogP contribution in [0.15, 0.2) is 0 Å². The third-order valence-corrected chi connectivity index (χ3v) is 1.58. The summed E-state index contributed by atoms with van der Waals surface area (Å²) in [6.07, 6.45) is 2.40. The molecule has 60 valence electrons. The van der Waals surface area contributed by atoms with E-state index in [2.05, 4.69) is 20.7 Å². The molecule has 0 heterocycles. The normalized spacial score (nSPS) is 9.30. The van der Waals surface area contributed by atoms with E-state index in [1.165, 1.54) is 0 Å². The van der Waals surface area contributed by atoms with Gasteiger partial charge >= 0.3 is 6.09 Å². The predicted molar refractivity (Wildman–Crippen MR) is 43.2 cm³/mol. The quantitative estimate of drug-likeness (QED) is 0.554. The second-order valence-corrected chi connectivity index (χ2v) is 2.71. The minimum Gasteiger partial charge on any atom is -0.450 e. The summed E-state index contributed by atoms with van der Waals surface area (Å²) in [6.45, 7) is 0.447. The fourth-order valence-corrected chi connectivity index (χ4v) is 0.943. The van der Waals surface area contributed by atoms with E-state index < -0.39 is 6.09 Å². The van der Waals surface area contributed by atoms with Gasteiger partial charge in [0.25, 0.3) is 0 Å². The predicted octanol–water partition coefficient (Wildman–Crippen LogP) is 1.65. The molecule has 0 bridgehead atoms. The van der Waals surface area contributed by atoms with E-state index in [1.807, 2.05) is 0 Å². The zero-order chi connectivity index (χ0) is 7.82. The summed E-state index contributed by atoms with van der Waals surface area (Å²) in [5.74, 6) is 0. The van der Waals surface area contributed by atoms with Crippen LogP contribution >= 0.6 is 15.9 Å². The third-order valence-electron chi connectivity index (χ3n) is 1.02. The zero-order valence-electron chi connectivity index (χ0n) is 5.81. The molecule has 0 saturated carbocycles. The molecular weight excluding hydrogens is 198 g/mol. The van der Waals surface area contributed by atoms with Gasteiger partial charge in [-0.05, 0) is 19.3 Å². The van der Waals surface area contributed by atoms with Gasteiger partial charge in [-0.25, -0.2) is 4.79 Å². The van der Waals surface area contributed by atoms with E-state index in [0.29, 0.717) is 6.61 Å². The first-order valence-corrected chi connectivity index (χ1v) is 4.37. The third kappa shape index (κ3) is 7.75. The molecule has 0 radical (unpaired) electrons. The minimum absolute atomic E-state index is 0.447. The molecule has 0 saturated heterocycles. The molecule has 0 atom stereocenters. The average Bonchev–Trinajstić information content (AvgIpc) is 1.87. The van der Waals surface area contributed by atoms with E-state index in [1.54, 1.807) is 0 Å². The summed E-state index contributed by atoms with van der Waals surface area (Å²) in [6, 6.07) is 0. The maximum Gasteiger partial charge on any atom is 0.404 e. The lowest BCUT2D eigenvalue weighted by Crippen LogP contribution is -2.13. The highest BCUT2D eigenvalue weighted by molar-refractivity contribution is 9.09. The fourth-order valence-electron chi connectivity index (χ4n) is 0.546. The van der Waals surface area contributed by atoms with E-state index in [9.17, 15) is 4.79 Å². The van der Waals surface area contributed by atoms with Crippen LogP contribution in [0.1, 0.15) is 19.3 Å². The Morgan fingerprint density at radius 1 is 1.40 bits per heavy atom. The SMILES string of the molecule is NC(=O)OCCCCCBr. The number of unbranched alkanes of at least 4 members (excludes halogenated alkanes) is 2. The van der Waals surface area contributed by atoms with Gasteiger partial charge in [-0.15, -0.1) is 0 Å². The standard InChI is InChI=1S/C6H12BrNO2/c7-4-2-1-3-5-10-6(8)9/h1-5H2,(H2,8,9). The molecule has 1 amide bonds. The number of carbonyl (C=O) groups is 1. The number of rotatable bonds is 5. The minimum atomic E-state index is -0.682. The molecule has 0 aromatic heterocycles. The Morgan fingerprint density at radius 2 is 2.10 bits per heavy atom. The van der Waals surface area contributed by atoms with Gasteiger partial charge in [0.15, 0.2) is 0 Å². The largest absolute Gasteiger partial charge is 0.450 e. The van der Waals surface area contributed by atoms with Crippen molar-refractivity contribution in [3.8, 4) is 0 Å². The number of nitrogens with two attached hydrogens (primary N) is 1. The Morgan fingerprint density at radius 3 is 2.60 bits per heavy atom. The molecule has 0 aromatic rings. The average molecular weight is 210 g/mol. The second-order valence-electron chi connectivity index (χ2n) is 1.92. The van der Waals surface area contributed by atoms with Crippen LogP contribution in [0.2, 0.25) is 0 Å². The lowest BCUT2D eigenvalue weighted by Gasteiger charge is -1.98. The first-order valence-electron chi connectivity index (χ1n) is 3.25. The van der Waals surface area contributed by atoms with Crippen LogP contribution in [-0.2, 0) is 4.74 Å². The highest BCUT2D eigenvalue weighted by atomic mass is 79.9. The van der Waals surface area contributed by atoms with E-state index >= 15 is 0 Å². The molecule has 3 nitrogen and oxygen atoms in total. The fraction of sp³-hybridized carbons (Fsp3) is 0.833. The zero-order valence-corrected chi connectivity index (χ0v) is 7.39. The number of alkyl halides is 1. The smallest absolute Gasteiger partial charge is 0.404 e. The number of hydrogen-bond donors (Lipinski definition) is 1. The molecule has 10 heavy (non-hydrogen) atoms. The maximum atomic E-state index is 10.0. The second kappa shape index (κ2) is 6.86. The van der Waals surface area contributed by atoms with Crippen molar-refractivity contribution in [2.45, 2.75) is 19.3 Å². The van der Waals surface area contributed by atoms with Gasteiger partial charge in [0.1, 0.15) is 0 Å². The molecule has 0 aromatic carbocycles. The van der Waals surface area contributed by atoms with Gasteiger partial charge < -0.3 is 10.5 Å². The van der Waals surface area contributed by atoms with Crippen LogP contribution in [-0.4, -0.2) is 18.0 Å². The van der Waals surface area contributed by atoms with Crippen molar-refractivity contribution >= 4 is 22.0 Å². The van der Waals surface area contributed by atoms with Crippen LogP contribution in [0.4, 0.5) is 4.79 Å². The van der Waals surface area contributed by atoms with Crippen molar-refractivity contribution in [1.29, 1.82) is 0 Å². The summed E-state index contributed by atoms with van der Waals surface area (Å²) in [7, 11) is 0. The molecule has 0 fully saturated rings. The number of hydrogen-bond acceptors (Lipinski definition) is 2. The Bertz CT molecular complexity index is 97.7. The van der Waals surface area contributed by atoms with Gasteiger partial charge in [-0.1, -0.05) is 15.9 Å². The highest BCUT2D eigenvalue weighted by Gasteiger charge is 1.91. The van der Waals surface area contributed by atoms with Crippen LogP contribution in [0, 0.1) is 0 Å². The summed E-state index contributed by atoms with van der Waals surface area (Å²) < 4.78 is 4.51. The van der Waals surface area contributed by atoms with Crippen molar-refractivity contribution in [1.82, 2.24) is 0 Å².